The molecule has 2 aliphatic rings. The standard InChI is InChI=1S/C26H30N2O4S/c1-3-25(29)28-19(2)17-22-18-23(9-10-24(22)28)33(31,32)16-13-26(30)27-14-11-21(12-15-27)20-7-5-4-6-8-20/h4-11,18-19H,3,12-17H2,1-2H3/t19-/m1/s1. The van der Waals surface area contributed by atoms with Crippen molar-refractivity contribution in [3.63, 3.8) is 0 Å². The maximum absolute atomic E-state index is 12.9. The van der Waals surface area contributed by atoms with Crippen LogP contribution in [0.25, 0.3) is 5.57 Å². The van der Waals surface area contributed by atoms with Gasteiger partial charge in [-0.3, -0.25) is 9.59 Å². The highest BCUT2D eigenvalue weighted by atomic mass is 32.2. The lowest BCUT2D eigenvalue weighted by Gasteiger charge is -2.26. The van der Waals surface area contributed by atoms with E-state index in [4.69, 9.17) is 0 Å². The highest BCUT2D eigenvalue weighted by molar-refractivity contribution is 7.91. The number of fused-ring (bicyclic) bond motifs is 1. The molecule has 2 aliphatic heterocycles. The Kier molecular flexibility index (Phi) is 6.70. The molecule has 0 saturated heterocycles. The average molecular weight is 467 g/mol. The lowest BCUT2D eigenvalue weighted by Crippen LogP contribution is -2.35. The molecule has 6 nitrogen and oxygen atoms in total. The largest absolute Gasteiger partial charge is 0.339 e. The number of benzene rings is 2. The molecule has 2 aromatic rings. The predicted molar refractivity (Wildman–Crippen MR) is 130 cm³/mol. The van der Waals surface area contributed by atoms with Crippen LogP contribution in [-0.2, 0) is 25.8 Å². The first-order chi connectivity index (χ1) is 15.8. The number of carbonyl (C=O) groups excluding carboxylic acids is 2. The molecule has 0 bridgehead atoms. The fourth-order valence-corrected chi connectivity index (χ4v) is 5.94. The van der Waals surface area contributed by atoms with Crippen molar-refractivity contribution in [2.24, 2.45) is 0 Å². The van der Waals surface area contributed by atoms with Crippen LogP contribution in [-0.4, -0.2) is 50.0 Å². The molecule has 0 aliphatic carbocycles. The topological polar surface area (TPSA) is 74.8 Å². The van der Waals surface area contributed by atoms with Gasteiger partial charge in [0, 0.05) is 37.7 Å². The predicted octanol–water partition coefficient (Wildman–Crippen LogP) is 3.85. The molecule has 4 rings (SSSR count). The Bertz CT molecular complexity index is 1190. The molecule has 33 heavy (non-hydrogen) atoms. The number of hydrogen-bond acceptors (Lipinski definition) is 4. The minimum Gasteiger partial charge on any atom is -0.339 e. The summed E-state index contributed by atoms with van der Waals surface area (Å²) in [5.74, 6) is -0.325. The van der Waals surface area contributed by atoms with Crippen molar-refractivity contribution in [1.29, 1.82) is 0 Å². The molecule has 7 heteroatoms. The Morgan fingerprint density at radius 1 is 1.06 bits per heavy atom. The van der Waals surface area contributed by atoms with Crippen LogP contribution in [0.4, 0.5) is 5.69 Å². The molecule has 2 aromatic carbocycles. The van der Waals surface area contributed by atoms with Gasteiger partial charge in [-0.2, -0.15) is 0 Å². The van der Waals surface area contributed by atoms with Crippen LogP contribution < -0.4 is 4.90 Å². The van der Waals surface area contributed by atoms with E-state index >= 15 is 0 Å². The van der Waals surface area contributed by atoms with Gasteiger partial charge in [0.05, 0.1) is 10.6 Å². The van der Waals surface area contributed by atoms with Gasteiger partial charge < -0.3 is 9.80 Å². The average Bonchev–Trinajstić information content (AvgIpc) is 3.17. The molecule has 2 amide bonds. The number of rotatable bonds is 6. The maximum Gasteiger partial charge on any atom is 0.226 e. The van der Waals surface area contributed by atoms with Crippen LogP contribution >= 0.6 is 0 Å². The first kappa shape index (κ1) is 23.2. The Balaban J connectivity index is 1.39. The summed E-state index contributed by atoms with van der Waals surface area (Å²) in [5.41, 5.74) is 4.04. The third-order valence-corrected chi connectivity index (χ3v) is 8.20. The normalized spacial score (nSPS) is 18.1. The summed E-state index contributed by atoms with van der Waals surface area (Å²) >= 11 is 0. The highest BCUT2D eigenvalue weighted by Crippen LogP contribution is 2.34. The number of anilines is 1. The summed E-state index contributed by atoms with van der Waals surface area (Å²) in [5, 5.41) is 0. The summed E-state index contributed by atoms with van der Waals surface area (Å²) < 4.78 is 25.9. The van der Waals surface area contributed by atoms with Crippen molar-refractivity contribution >= 4 is 32.9 Å². The third kappa shape index (κ3) is 4.88. The third-order valence-electron chi connectivity index (χ3n) is 6.49. The molecule has 174 valence electrons. The molecule has 0 unspecified atom stereocenters. The number of hydrogen-bond donors (Lipinski definition) is 0. The number of carbonyl (C=O) groups is 2. The second kappa shape index (κ2) is 9.51. The van der Waals surface area contributed by atoms with Crippen LogP contribution in [0.3, 0.4) is 0 Å². The van der Waals surface area contributed by atoms with Gasteiger partial charge in [-0.1, -0.05) is 43.3 Å². The Hall–Kier alpha value is -2.93. The molecular weight excluding hydrogens is 436 g/mol. The van der Waals surface area contributed by atoms with Gasteiger partial charge in [0.1, 0.15) is 0 Å². The quantitative estimate of drug-likeness (QED) is 0.648. The summed E-state index contributed by atoms with van der Waals surface area (Å²) in [7, 11) is -3.60. The summed E-state index contributed by atoms with van der Waals surface area (Å²) in [6.45, 7) is 4.89. The van der Waals surface area contributed by atoms with Gasteiger partial charge in [-0.15, -0.1) is 0 Å². The van der Waals surface area contributed by atoms with Crippen molar-refractivity contribution in [1.82, 2.24) is 4.90 Å². The van der Waals surface area contributed by atoms with E-state index < -0.39 is 9.84 Å². The van der Waals surface area contributed by atoms with Gasteiger partial charge in [-0.25, -0.2) is 8.42 Å². The number of sulfone groups is 1. The number of amides is 2. The summed E-state index contributed by atoms with van der Waals surface area (Å²) in [6, 6.07) is 15.1. The molecule has 0 spiro atoms. The second-order valence-electron chi connectivity index (χ2n) is 8.71. The van der Waals surface area contributed by atoms with E-state index in [1.807, 2.05) is 32.0 Å². The van der Waals surface area contributed by atoms with Gasteiger partial charge in [-0.05, 0) is 54.7 Å². The van der Waals surface area contributed by atoms with Crippen LogP contribution in [0, 0.1) is 0 Å². The van der Waals surface area contributed by atoms with Crippen molar-refractivity contribution < 1.29 is 18.0 Å². The van der Waals surface area contributed by atoms with E-state index in [2.05, 4.69) is 18.2 Å². The fourth-order valence-electron chi connectivity index (χ4n) is 4.66. The summed E-state index contributed by atoms with van der Waals surface area (Å²) in [4.78, 5) is 28.6. The van der Waals surface area contributed by atoms with E-state index in [1.165, 1.54) is 5.57 Å². The Labute approximate surface area is 195 Å². The molecule has 1 atom stereocenters. The molecule has 0 saturated carbocycles. The first-order valence-corrected chi connectivity index (χ1v) is 13.2. The zero-order valence-electron chi connectivity index (χ0n) is 19.2. The molecule has 0 radical (unpaired) electrons. The van der Waals surface area contributed by atoms with Gasteiger partial charge in [0.2, 0.25) is 11.8 Å². The molecule has 0 N–H and O–H groups in total. The van der Waals surface area contributed by atoms with E-state index in [0.29, 0.717) is 25.9 Å². The second-order valence-corrected chi connectivity index (χ2v) is 10.8. The van der Waals surface area contributed by atoms with Crippen molar-refractivity contribution in [3.05, 3.63) is 65.7 Å². The minimum atomic E-state index is -3.60. The van der Waals surface area contributed by atoms with Gasteiger partial charge in [0.25, 0.3) is 0 Å². The van der Waals surface area contributed by atoms with Crippen LogP contribution in [0.5, 0.6) is 0 Å². The maximum atomic E-state index is 12.9. The van der Waals surface area contributed by atoms with Crippen LogP contribution in [0.2, 0.25) is 0 Å². The van der Waals surface area contributed by atoms with E-state index in [-0.39, 0.29) is 34.9 Å². The molecule has 0 fully saturated rings. The number of nitrogens with zero attached hydrogens (tertiary/aromatic N) is 2. The van der Waals surface area contributed by atoms with Crippen LogP contribution in [0.15, 0.2) is 59.5 Å². The van der Waals surface area contributed by atoms with Gasteiger partial charge in [0.15, 0.2) is 9.84 Å². The zero-order chi connectivity index (χ0) is 23.6. The lowest BCUT2D eigenvalue weighted by molar-refractivity contribution is -0.130. The smallest absolute Gasteiger partial charge is 0.226 e. The van der Waals surface area contributed by atoms with Gasteiger partial charge >= 0.3 is 0 Å². The van der Waals surface area contributed by atoms with Crippen molar-refractivity contribution in [2.75, 3.05) is 23.7 Å². The monoisotopic (exact) mass is 466 g/mol. The zero-order valence-corrected chi connectivity index (χ0v) is 20.0. The van der Waals surface area contributed by atoms with E-state index in [9.17, 15) is 18.0 Å². The van der Waals surface area contributed by atoms with E-state index in [0.717, 1.165) is 23.2 Å². The SMILES string of the molecule is CCC(=O)N1c2ccc(S(=O)(=O)CCC(=O)N3CC=C(c4ccccc4)CC3)cc2C[C@H]1C. The Morgan fingerprint density at radius 3 is 2.48 bits per heavy atom. The Morgan fingerprint density at radius 2 is 1.82 bits per heavy atom. The van der Waals surface area contributed by atoms with Crippen LogP contribution in [0.1, 0.15) is 44.2 Å². The fraction of sp³-hybridized carbons (Fsp3) is 0.385. The molecular formula is C26H30N2O4S. The van der Waals surface area contributed by atoms with E-state index in [1.54, 1.807) is 28.0 Å². The lowest BCUT2D eigenvalue weighted by atomic mass is 9.99. The van der Waals surface area contributed by atoms with Crippen molar-refractivity contribution in [3.8, 4) is 0 Å². The summed E-state index contributed by atoms with van der Waals surface area (Å²) in [6.07, 6.45) is 3.82. The molecule has 0 aromatic heterocycles. The molecule has 2 heterocycles. The minimum absolute atomic E-state index is 0.0138. The highest BCUT2D eigenvalue weighted by Gasteiger charge is 2.31. The first-order valence-electron chi connectivity index (χ1n) is 11.5. The van der Waals surface area contributed by atoms with Crippen molar-refractivity contribution in [2.45, 2.75) is 50.5 Å².